The summed E-state index contributed by atoms with van der Waals surface area (Å²) in [5.41, 5.74) is 2.09. The van der Waals surface area contributed by atoms with Gasteiger partial charge < -0.3 is 9.84 Å². The van der Waals surface area contributed by atoms with Crippen molar-refractivity contribution in [2.24, 2.45) is 0 Å². The maximum Gasteiger partial charge on any atom is 0.138 e. The van der Waals surface area contributed by atoms with Crippen LogP contribution >= 0.6 is 22.9 Å². The summed E-state index contributed by atoms with van der Waals surface area (Å²) in [6.45, 7) is 5.48. The summed E-state index contributed by atoms with van der Waals surface area (Å²) in [6.07, 6.45) is 0. The Kier molecular flexibility index (Phi) is 3.63. The van der Waals surface area contributed by atoms with Crippen molar-refractivity contribution >= 4 is 22.9 Å². The molecule has 0 bridgehead atoms. The summed E-state index contributed by atoms with van der Waals surface area (Å²) in [5, 5.41) is 10.0. The number of rotatable bonds is 4. The molecule has 1 N–H and O–H groups in total. The lowest BCUT2D eigenvalue weighted by atomic mass is 10.2. The maximum absolute atomic E-state index is 5.85. The Bertz CT molecular complexity index is 459. The number of aromatic nitrogens is 1. The third kappa shape index (κ3) is 2.64. The normalized spacial score (nSPS) is 10.9. The highest BCUT2D eigenvalue weighted by Crippen LogP contribution is 2.19. The van der Waals surface area contributed by atoms with Gasteiger partial charge in [0.2, 0.25) is 0 Å². The molecule has 5 heteroatoms. The molecule has 0 aliphatic rings. The van der Waals surface area contributed by atoms with Crippen LogP contribution in [-0.2, 0) is 13.1 Å². The Morgan fingerprint density at radius 1 is 1.44 bits per heavy atom. The molecule has 2 aromatic rings. The monoisotopic (exact) mass is 256 g/mol. The molecule has 0 saturated carbocycles. The first kappa shape index (κ1) is 11.6. The summed E-state index contributed by atoms with van der Waals surface area (Å²) in [4.78, 5) is 1.23. The number of hydrogen-bond donors (Lipinski definition) is 1. The van der Waals surface area contributed by atoms with Crippen molar-refractivity contribution in [1.82, 2.24) is 10.5 Å². The Labute approximate surface area is 103 Å². The molecule has 2 rings (SSSR count). The molecule has 2 aromatic heterocycles. The van der Waals surface area contributed by atoms with E-state index in [4.69, 9.17) is 16.1 Å². The second-order valence-corrected chi connectivity index (χ2v) is 5.07. The number of nitrogens with zero attached hydrogens (tertiary/aromatic N) is 1. The second kappa shape index (κ2) is 4.99. The van der Waals surface area contributed by atoms with E-state index >= 15 is 0 Å². The lowest BCUT2D eigenvalue weighted by Crippen LogP contribution is -2.12. The first-order valence-corrected chi connectivity index (χ1v) is 6.28. The van der Waals surface area contributed by atoms with E-state index in [0.29, 0.717) is 0 Å². The van der Waals surface area contributed by atoms with Gasteiger partial charge in [0.15, 0.2) is 0 Å². The van der Waals surface area contributed by atoms with Crippen LogP contribution in [-0.4, -0.2) is 5.16 Å². The highest BCUT2D eigenvalue weighted by molar-refractivity contribution is 7.10. The van der Waals surface area contributed by atoms with Crippen LogP contribution in [0.5, 0.6) is 0 Å². The van der Waals surface area contributed by atoms with Crippen LogP contribution < -0.4 is 5.32 Å². The summed E-state index contributed by atoms with van der Waals surface area (Å²) in [6, 6.07) is 1.98. The number of hydrogen-bond acceptors (Lipinski definition) is 4. The van der Waals surface area contributed by atoms with E-state index in [0.717, 1.165) is 35.1 Å². The van der Waals surface area contributed by atoms with Gasteiger partial charge >= 0.3 is 0 Å². The van der Waals surface area contributed by atoms with Crippen molar-refractivity contribution in [1.29, 1.82) is 0 Å². The highest BCUT2D eigenvalue weighted by Gasteiger charge is 2.08. The second-order valence-electron chi connectivity index (χ2n) is 3.64. The summed E-state index contributed by atoms with van der Waals surface area (Å²) in [5.74, 6) is 0.884. The van der Waals surface area contributed by atoms with Crippen molar-refractivity contribution in [3.05, 3.63) is 38.4 Å². The molecule has 0 aliphatic carbocycles. The van der Waals surface area contributed by atoms with Gasteiger partial charge in [0.05, 0.1) is 10.7 Å². The van der Waals surface area contributed by atoms with Gasteiger partial charge in [-0.1, -0.05) is 16.8 Å². The lowest BCUT2D eigenvalue weighted by Gasteiger charge is -2.01. The molecule has 0 spiro atoms. The minimum absolute atomic E-state index is 0.774. The van der Waals surface area contributed by atoms with Gasteiger partial charge in [-0.25, -0.2) is 0 Å². The number of aryl methyl sites for hydroxylation is 2. The highest BCUT2D eigenvalue weighted by atomic mass is 35.5. The molecular formula is C11H13ClN2OS. The Morgan fingerprint density at radius 3 is 2.81 bits per heavy atom. The molecule has 0 saturated heterocycles. The van der Waals surface area contributed by atoms with E-state index in [1.54, 1.807) is 11.3 Å². The van der Waals surface area contributed by atoms with Crippen molar-refractivity contribution < 1.29 is 4.52 Å². The van der Waals surface area contributed by atoms with Crippen LogP contribution in [0.4, 0.5) is 0 Å². The van der Waals surface area contributed by atoms with Gasteiger partial charge in [-0.3, -0.25) is 0 Å². The topological polar surface area (TPSA) is 38.1 Å². The fourth-order valence-electron chi connectivity index (χ4n) is 1.51. The van der Waals surface area contributed by atoms with Crippen molar-refractivity contribution in [2.45, 2.75) is 26.9 Å². The zero-order valence-corrected chi connectivity index (χ0v) is 10.8. The van der Waals surface area contributed by atoms with Crippen LogP contribution in [0.1, 0.15) is 21.9 Å². The van der Waals surface area contributed by atoms with Gasteiger partial charge in [0, 0.05) is 28.9 Å². The van der Waals surface area contributed by atoms with Gasteiger partial charge in [-0.15, -0.1) is 11.3 Å². The molecular weight excluding hydrogens is 244 g/mol. The van der Waals surface area contributed by atoms with Crippen LogP contribution in [0.25, 0.3) is 0 Å². The Balaban J connectivity index is 1.89. The Hall–Kier alpha value is -0.840. The largest absolute Gasteiger partial charge is 0.361 e. The number of nitrogens with one attached hydrogen (secondary N) is 1. The van der Waals surface area contributed by atoms with E-state index in [1.807, 2.05) is 25.3 Å². The van der Waals surface area contributed by atoms with Gasteiger partial charge in [-0.2, -0.15) is 0 Å². The molecule has 0 aromatic carbocycles. The van der Waals surface area contributed by atoms with E-state index in [9.17, 15) is 0 Å². The van der Waals surface area contributed by atoms with Crippen LogP contribution in [0.15, 0.2) is 16.0 Å². The number of thiophene rings is 1. The van der Waals surface area contributed by atoms with E-state index in [2.05, 4.69) is 10.5 Å². The van der Waals surface area contributed by atoms with Crippen LogP contribution in [0.2, 0.25) is 5.02 Å². The minimum Gasteiger partial charge on any atom is -0.361 e. The minimum atomic E-state index is 0.774. The van der Waals surface area contributed by atoms with E-state index in [1.165, 1.54) is 4.88 Å². The zero-order chi connectivity index (χ0) is 11.5. The molecule has 0 aliphatic heterocycles. The zero-order valence-electron chi connectivity index (χ0n) is 9.21. The van der Waals surface area contributed by atoms with Gasteiger partial charge in [0.1, 0.15) is 5.76 Å². The molecule has 2 heterocycles. The molecule has 3 nitrogen and oxygen atoms in total. The Morgan fingerprint density at radius 2 is 2.25 bits per heavy atom. The van der Waals surface area contributed by atoms with Gasteiger partial charge in [0.25, 0.3) is 0 Å². The predicted molar refractivity (Wildman–Crippen MR) is 65.8 cm³/mol. The molecule has 0 fully saturated rings. The first-order chi connectivity index (χ1) is 7.66. The van der Waals surface area contributed by atoms with Crippen LogP contribution in [0.3, 0.4) is 0 Å². The molecule has 86 valence electrons. The third-order valence-corrected chi connectivity index (χ3v) is 3.69. The smallest absolute Gasteiger partial charge is 0.138 e. The van der Waals surface area contributed by atoms with E-state index in [-0.39, 0.29) is 0 Å². The molecule has 0 radical (unpaired) electrons. The SMILES string of the molecule is Cc1noc(C)c1CNCc1cc(Cl)cs1. The van der Waals surface area contributed by atoms with Crippen molar-refractivity contribution in [3.8, 4) is 0 Å². The molecule has 0 amide bonds. The quantitative estimate of drug-likeness (QED) is 0.912. The number of halogens is 1. The van der Waals surface area contributed by atoms with Crippen molar-refractivity contribution in [2.75, 3.05) is 0 Å². The summed E-state index contributed by atoms with van der Waals surface area (Å²) in [7, 11) is 0. The van der Waals surface area contributed by atoms with Crippen LogP contribution in [0, 0.1) is 13.8 Å². The summed E-state index contributed by atoms with van der Waals surface area (Å²) < 4.78 is 5.09. The maximum atomic E-state index is 5.85. The van der Waals surface area contributed by atoms with Gasteiger partial charge in [-0.05, 0) is 19.9 Å². The third-order valence-electron chi connectivity index (χ3n) is 2.40. The lowest BCUT2D eigenvalue weighted by molar-refractivity contribution is 0.392. The molecule has 0 atom stereocenters. The molecule has 16 heavy (non-hydrogen) atoms. The average Bonchev–Trinajstić information content (AvgIpc) is 2.78. The fourth-order valence-corrected chi connectivity index (χ4v) is 2.55. The average molecular weight is 257 g/mol. The summed E-state index contributed by atoms with van der Waals surface area (Å²) >= 11 is 7.51. The van der Waals surface area contributed by atoms with Crippen molar-refractivity contribution in [3.63, 3.8) is 0 Å². The van der Waals surface area contributed by atoms with E-state index < -0.39 is 0 Å². The molecule has 0 unspecified atom stereocenters. The first-order valence-electron chi connectivity index (χ1n) is 5.02. The fraction of sp³-hybridized carbons (Fsp3) is 0.364. The standard InChI is InChI=1S/C11H13ClN2OS/c1-7-11(8(2)15-14-7)5-13-4-10-3-9(12)6-16-10/h3,6,13H,4-5H2,1-2H3. The predicted octanol–water partition coefficient (Wildman–Crippen LogP) is 3.30.